The third kappa shape index (κ3) is 3.08. The lowest BCUT2D eigenvalue weighted by molar-refractivity contribution is 0.0948. The molecular weight excluding hydrogens is 316 g/mol. The highest BCUT2D eigenvalue weighted by Crippen LogP contribution is 2.23. The van der Waals surface area contributed by atoms with Gasteiger partial charge in [-0.25, -0.2) is 4.98 Å². The minimum atomic E-state index is -0.172. The Morgan fingerprint density at radius 1 is 1.56 bits per heavy atom. The number of nitrogens with zero attached hydrogens (tertiary/aromatic N) is 1. The van der Waals surface area contributed by atoms with Crippen molar-refractivity contribution in [2.75, 3.05) is 7.11 Å². The summed E-state index contributed by atoms with van der Waals surface area (Å²) in [4.78, 5) is 16.1. The Kier molecular flexibility index (Phi) is 4.33. The van der Waals surface area contributed by atoms with E-state index in [0.717, 1.165) is 9.48 Å². The Balaban J connectivity index is 2.09. The van der Waals surface area contributed by atoms with Gasteiger partial charge in [-0.3, -0.25) is 4.79 Å². The fourth-order valence-corrected chi connectivity index (χ4v) is 2.34. The summed E-state index contributed by atoms with van der Waals surface area (Å²) in [6, 6.07) is 5.29. The Morgan fingerprint density at radius 3 is 3.06 bits per heavy atom. The van der Waals surface area contributed by atoms with Crippen LogP contribution < -0.4 is 10.1 Å². The number of aromatic nitrogens is 1. The van der Waals surface area contributed by atoms with Gasteiger partial charge in [-0.15, -0.1) is 11.3 Å². The number of thiazole rings is 1. The number of benzene rings is 1. The Morgan fingerprint density at radius 2 is 2.39 bits per heavy atom. The molecule has 1 aromatic heterocycles. The van der Waals surface area contributed by atoms with E-state index in [-0.39, 0.29) is 5.91 Å². The van der Waals surface area contributed by atoms with Crippen molar-refractivity contribution in [3.63, 3.8) is 0 Å². The molecule has 1 N–H and O–H groups in total. The van der Waals surface area contributed by atoms with Gasteiger partial charge in [0, 0.05) is 16.0 Å². The van der Waals surface area contributed by atoms with E-state index < -0.39 is 0 Å². The van der Waals surface area contributed by atoms with Crippen LogP contribution in [0.3, 0.4) is 0 Å². The molecule has 1 heterocycles. The second kappa shape index (κ2) is 5.97. The third-order valence-corrected chi connectivity index (χ3v) is 3.56. The minimum Gasteiger partial charge on any atom is -0.496 e. The van der Waals surface area contributed by atoms with Crippen molar-refractivity contribution < 1.29 is 9.53 Å². The number of ether oxygens (including phenoxy) is 1. The molecule has 0 aliphatic rings. The van der Waals surface area contributed by atoms with E-state index in [2.05, 4.69) is 26.2 Å². The monoisotopic (exact) mass is 326 g/mol. The molecule has 0 aliphatic heterocycles. The molecule has 0 fully saturated rings. The molecule has 4 nitrogen and oxygen atoms in total. The molecule has 0 atom stereocenters. The molecule has 0 saturated carbocycles. The summed E-state index contributed by atoms with van der Waals surface area (Å²) < 4.78 is 6.05. The number of hydrogen-bond donors (Lipinski definition) is 1. The van der Waals surface area contributed by atoms with E-state index in [1.54, 1.807) is 31.5 Å². The van der Waals surface area contributed by atoms with Gasteiger partial charge in [0.15, 0.2) is 0 Å². The highest BCUT2D eigenvalue weighted by atomic mass is 79.9. The largest absolute Gasteiger partial charge is 0.496 e. The van der Waals surface area contributed by atoms with Crippen molar-refractivity contribution >= 4 is 33.2 Å². The standard InChI is InChI=1S/C12H11BrN2O2S/c1-17-10-6-8(13)2-3-9(10)12(16)15-7-11-14-4-5-18-11/h2-6H,7H2,1H3,(H,15,16). The fourth-order valence-electron chi connectivity index (χ4n) is 1.44. The van der Waals surface area contributed by atoms with Crippen LogP contribution in [-0.2, 0) is 6.54 Å². The molecule has 0 radical (unpaired) electrons. The van der Waals surface area contributed by atoms with Crippen LogP contribution in [0.15, 0.2) is 34.2 Å². The average molecular weight is 327 g/mol. The summed E-state index contributed by atoms with van der Waals surface area (Å²) in [5, 5.41) is 5.56. The van der Waals surface area contributed by atoms with Gasteiger partial charge < -0.3 is 10.1 Å². The second-order valence-electron chi connectivity index (χ2n) is 3.45. The lowest BCUT2D eigenvalue weighted by atomic mass is 10.2. The number of rotatable bonds is 4. The quantitative estimate of drug-likeness (QED) is 0.939. The maximum Gasteiger partial charge on any atom is 0.255 e. The van der Waals surface area contributed by atoms with Gasteiger partial charge in [-0.05, 0) is 18.2 Å². The molecule has 0 bridgehead atoms. The van der Waals surface area contributed by atoms with E-state index in [9.17, 15) is 4.79 Å². The van der Waals surface area contributed by atoms with Gasteiger partial charge in [0.05, 0.1) is 19.2 Å². The van der Waals surface area contributed by atoms with Gasteiger partial charge in [0.1, 0.15) is 10.8 Å². The summed E-state index contributed by atoms with van der Waals surface area (Å²) in [6.07, 6.45) is 1.71. The molecule has 0 unspecified atom stereocenters. The topological polar surface area (TPSA) is 51.2 Å². The molecule has 0 aliphatic carbocycles. The zero-order valence-electron chi connectivity index (χ0n) is 9.64. The molecule has 6 heteroatoms. The molecule has 18 heavy (non-hydrogen) atoms. The lowest BCUT2D eigenvalue weighted by Crippen LogP contribution is -2.23. The van der Waals surface area contributed by atoms with Crippen molar-refractivity contribution in [2.24, 2.45) is 0 Å². The number of halogens is 1. The zero-order chi connectivity index (χ0) is 13.0. The van der Waals surface area contributed by atoms with E-state index in [1.165, 1.54) is 11.3 Å². The average Bonchev–Trinajstić information content (AvgIpc) is 2.88. The summed E-state index contributed by atoms with van der Waals surface area (Å²) in [7, 11) is 1.54. The first-order chi connectivity index (χ1) is 8.70. The van der Waals surface area contributed by atoms with Gasteiger partial charge in [-0.1, -0.05) is 15.9 Å². The number of carbonyl (C=O) groups excluding carboxylic acids is 1. The summed E-state index contributed by atoms with van der Waals surface area (Å²) in [5.74, 6) is 0.371. The van der Waals surface area contributed by atoms with Crippen LogP contribution in [0.5, 0.6) is 5.75 Å². The smallest absolute Gasteiger partial charge is 0.255 e. The second-order valence-corrected chi connectivity index (χ2v) is 5.35. The SMILES string of the molecule is COc1cc(Br)ccc1C(=O)NCc1nccs1. The van der Waals surface area contributed by atoms with Gasteiger partial charge in [-0.2, -0.15) is 0 Å². The summed E-state index contributed by atoms with van der Waals surface area (Å²) in [6.45, 7) is 0.426. The molecule has 1 amide bonds. The Hall–Kier alpha value is -1.40. The maximum atomic E-state index is 12.0. The zero-order valence-corrected chi connectivity index (χ0v) is 12.0. The first-order valence-electron chi connectivity index (χ1n) is 5.21. The molecule has 0 saturated heterocycles. The van der Waals surface area contributed by atoms with E-state index in [1.807, 2.05) is 5.38 Å². The van der Waals surface area contributed by atoms with Gasteiger partial charge >= 0.3 is 0 Å². The van der Waals surface area contributed by atoms with Crippen LogP contribution in [0.2, 0.25) is 0 Å². The van der Waals surface area contributed by atoms with Gasteiger partial charge in [0.25, 0.3) is 5.91 Å². The molecule has 1 aromatic carbocycles. The number of hydrogen-bond acceptors (Lipinski definition) is 4. The van der Waals surface area contributed by atoms with Crippen molar-refractivity contribution in [1.82, 2.24) is 10.3 Å². The number of carbonyl (C=O) groups is 1. The van der Waals surface area contributed by atoms with E-state index in [0.29, 0.717) is 17.9 Å². The predicted octanol–water partition coefficient (Wildman–Crippen LogP) is 2.84. The first kappa shape index (κ1) is 13.0. The van der Waals surface area contributed by atoms with Crippen LogP contribution in [-0.4, -0.2) is 18.0 Å². The highest BCUT2D eigenvalue weighted by Gasteiger charge is 2.12. The minimum absolute atomic E-state index is 0.172. The maximum absolute atomic E-state index is 12.0. The summed E-state index contributed by atoms with van der Waals surface area (Å²) in [5.41, 5.74) is 0.511. The highest BCUT2D eigenvalue weighted by molar-refractivity contribution is 9.10. The first-order valence-corrected chi connectivity index (χ1v) is 6.88. The molecule has 0 spiro atoms. The van der Waals surface area contributed by atoms with Crippen LogP contribution in [0.25, 0.3) is 0 Å². The number of amides is 1. The number of methoxy groups -OCH3 is 1. The molecular formula is C12H11BrN2O2S. The van der Waals surface area contributed by atoms with Crippen LogP contribution in [0, 0.1) is 0 Å². The van der Waals surface area contributed by atoms with Crippen molar-refractivity contribution in [3.8, 4) is 5.75 Å². The van der Waals surface area contributed by atoms with Crippen molar-refractivity contribution in [2.45, 2.75) is 6.54 Å². The lowest BCUT2D eigenvalue weighted by Gasteiger charge is -2.08. The van der Waals surface area contributed by atoms with Gasteiger partial charge in [0.2, 0.25) is 0 Å². The van der Waals surface area contributed by atoms with Crippen molar-refractivity contribution in [3.05, 3.63) is 44.8 Å². The Labute approximate surface area is 117 Å². The number of nitrogens with one attached hydrogen (secondary N) is 1. The Bertz CT molecular complexity index is 543. The molecule has 2 rings (SSSR count). The third-order valence-electron chi connectivity index (χ3n) is 2.29. The normalized spacial score (nSPS) is 10.1. The molecule has 94 valence electrons. The van der Waals surface area contributed by atoms with Crippen LogP contribution >= 0.6 is 27.3 Å². The summed E-state index contributed by atoms with van der Waals surface area (Å²) >= 11 is 4.84. The molecule has 2 aromatic rings. The van der Waals surface area contributed by atoms with E-state index in [4.69, 9.17) is 4.74 Å². The van der Waals surface area contributed by atoms with Crippen LogP contribution in [0.1, 0.15) is 15.4 Å². The van der Waals surface area contributed by atoms with E-state index >= 15 is 0 Å². The van der Waals surface area contributed by atoms with Crippen LogP contribution in [0.4, 0.5) is 0 Å². The fraction of sp³-hybridized carbons (Fsp3) is 0.167. The predicted molar refractivity (Wildman–Crippen MR) is 74.0 cm³/mol. The van der Waals surface area contributed by atoms with Crippen molar-refractivity contribution in [1.29, 1.82) is 0 Å².